The zero-order chi connectivity index (χ0) is 13.8. The van der Waals surface area contributed by atoms with Crippen LogP contribution >= 0.6 is 0 Å². The third-order valence-electron chi connectivity index (χ3n) is 3.12. The topological polar surface area (TPSA) is 61.7 Å². The monoisotopic (exact) mass is 253 g/mol. The third-order valence-corrected chi connectivity index (χ3v) is 3.12. The van der Waals surface area contributed by atoms with Crippen molar-refractivity contribution in [3.05, 3.63) is 23.8 Å². The Hall–Kier alpha value is -1.26. The average molecular weight is 253 g/mol. The number of aliphatic hydroxyl groups is 1. The lowest BCUT2D eigenvalue weighted by Crippen LogP contribution is -2.47. The number of aromatic hydroxyl groups is 1. The number of rotatable bonds is 6. The van der Waals surface area contributed by atoms with Crippen LogP contribution < -0.4 is 10.1 Å². The van der Waals surface area contributed by atoms with Crippen LogP contribution in [-0.2, 0) is 6.54 Å². The molecule has 1 aromatic carbocycles. The summed E-state index contributed by atoms with van der Waals surface area (Å²) in [6.45, 7) is 8.65. The van der Waals surface area contributed by atoms with E-state index in [1.54, 1.807) is 13.0 Å². The van der Waals surface area contributed by atoms with Crippen LogP contribution in [0.3, 0.4) is 0 Å². The molecule has 0 saturated heterocycles. The van der Waals surface area contributed by atoms with E-state index in [9.17, 15) is 10.2 Å². The molecule has 0 aromatic heterocycles. The summed E-state index contributed by atoms with van der Waals surface area (Å²) in [7, 11) is 0. The molecule has 1 rings (SSSR count). The Bertz CT molecular complexity index is 389. The average Bonchev–Trinajstić information content (AvgIpc) is 2.30. The lowest BCUT2D eigenvalue weighted by Gasteiger charge is -2.29. The Morgan fingerprint density at radius 3 is 2.61 bits per heavy atom. The quantitative estimate of drug-likeness (QED) is 0.726. The van der Waals surface area contributed by atoms with Gasteiger partial charge in [-0.2, -0.15) is 0 Å². The number of aliphatic hydroxyl groups excluding tert-OH is 1. The number of phenolic OH excluding ortho intramolecular Hbond substituents is 1. The molecule has 0 fully saturated rings. The van der Waals surface area contributed by atoms with Crippen LogP contribution in [0.4, 0.5) is 0 Å². The first kappa shape index (κ1) is 14.8. The van der Waals surface area contributed by atoms with Gasteiger partial charge >= 0.3 is 0 Å². The summed E-state index contributed by atoms with van der Waals surface area (Å²) < 4.78 is 5.33. The van der Waals surface area contributed by atoms with Crippen molar-refractivity contribution in [1.82, 2.24) is 5.32 Å². The minimum atomic E-state index is -0.444. The van der Waals surface area contributed by atoms with E-state index in [-0.39, 0.29) is 11.3 Å². The molecule has 3 N–H and O–H groups in total. The number of phenols is 1. The van der Waals surface area contributed by atoms with Crippen molar-refractivity contribution < 1.29 is 14.9 Å². The number of nitrogens with one attached hydrogen (secondary N) is 1. The second kappa shape index (κ2) is 6.07. The Kier molecular flexibility index (Phi) is 4.99. The molecule has 0 aliphatic carbocycles. The van der Waals surface area contributed by atoms with Crippen molar-refractivity contribution in [1.29, 1.82) is 0 Å². The van der Waals surface area contributed by atoms with Gasteiger partial charge in [0.05, 0.1) is 12.7 Å². The molecular formula is C14H23NO3. The molecular weight excluding hydrogens is 230 g/mol. The maximum absolute atomic E-state index is 9.61. The molecule has 0 amide bonds. The molecule has 1 aromatic rings. The molecule has 0 spiro atoms. The van der Waals surface area contributed by atoms with Gasteiger partial charge in [0.15, 0.2) is 11.5 Å². The number of ether oxygens (including phenoxy) is 1. The highest BCUT2D eigenvalue weighted by molar-refractivity contribution is 5.41. The summed E-state index contributed by atoms with van der Waals surface area (Å²) in [4.78, 5) is 0. The van der Waals surface area contributed by atoms with Gasteiger partial charge in [-0.15, -0.1) is 0 Å². The molecule has 4 heteroatoms. The zero-order valence-corrected chi connectivity index (χ0v) is 11.5. The smallest absolute Gasteiger partial charge is 0.161 e. The van der Waals surface area contributed by atoms with Crippen molar-refractivity contribution in [2.75, 3.05) is 6.61 Å². The molecule has 18 heavy (non-hydrogen) atoms. The van der Waals surface area contributed by atoms with Crippen LogP contribution in [-0.4, -0.2) is 28.5 Å². The second-order valence-electron chi connectivity index (χ2n) is 4.99. The molecule has 4 nitrogen and oxygen atoms in total. The highest BCUT2D eigenvalue weighted by atomic mass is 16.5. The van der Waals surface area contributed by atoms with E-state index in [2.05, 4.69) is 5.32 Å². The van der Waals surface area contributed by atoms with Crippen LogP contribution in [0.5, 0.6) is 11.5 Å². The molecule has 0 saturated carbocycles. The highest BCUT2D eigenvalue weighted by Gasteiger charge is 2.22. The summed E-state index contributed by atoms with van der Waals surface area (Å²) in [6, 6.07) is 5.27. The first-order valence-electron chi connectivity index (χ1n) is 6.24. The van der Waals surface area contributed by atoms with Crippen LogP contribution in [0.1, 0.15) is 33.3 Å². The number of hydrogen-bond acceptors (Lipinski definition) is 4. The summed E-state index contributed by atoms with van der Waals surface area (Å²) in [5.74, 6) is 0.641. The van der Waals surface area contributed by atoms with Crippen molar-refractivity contribution in [2.45, 2.75) is 45.9 Å². The molecule has 0 heterocycles. The van der Waals surface area contributed by atoms with Crippen molar-refractivity contribution >= 4 is 0 Å². The van der Waals surface area contributed by atoms with Crippen LogP contribution in [0.15, 0.2) is 18.2 Å². The fourth-order valence-corrected chi connectivity index (χ4v) is 1.42. The summed E-state index contributed by atoms with van der Waals surface area (Å²) in [5.41, 5.74) is 0.647. The minimum Gasteiger partial charge on any atom is -0.504 e. The maximum atomic E-state index is 9.61. The zero-order valence-electron chi connectivity index (χ0n) is 11.5. The minimum absolute atomic E-state index is 0.149. The molecule has 1 unspecified atom stereocenters. The lowest BCUT2D eigenvalue weighted by molar-refractivity contribution is 0.0956. The Morgan fingerprint density at radius 1 is 1.39 bits per heavy atom. The molecule has 0 aliphatic heterocycles. The predicted octanol–water partition coefficient (Wildman–Crippen LogP) is 2.04. The molecule has 0 aliphatic rings. The van der Waals surface area contributed by atoms with Crippen LogP contribution in [0.2, 0.25) is 0 Å². The lowest BCUT2D eigenvalue weighted by atomic mass is 9.98. The van der Waals surface area contributed by atoms with E-state index in [4.69, 9.17) is 4.74 Å². The third kappa shape index (κ3) is 3.89. The van der Waals surface area contributed by atoms with Crippen molar-refractivity contribution in [2.24, 2.45) is 0 Å². The Labute approximate surface area is 109 Å². The van der Waals surface area contributed by atoms with E-state index >= 15 is 0 Å². The van der Waals surface area contributed by atoms with Gasteiger partial charge in [-0.25, -0.2) is 0 Å². The summed E-state index contributed by atoms with van der Waals surface area (Å²) >= 11 is 0. The molecule has 0 radical (unpaired) electrons. The van der Waals surface area contributed by atoms with Crippen LogP contribution in [0.25, 0.3) is 0 Å². The second-order valence-corrected chi connectivity index (χ2v) is 4.99. The summed E-state index contributed by atoms with van der Waals surface area (Å²) in [5, 5.41) is 22.5. The number of hydrogen-bond donors (Lipinski definition) is 3. The molecule has 102 valence electrons. The van der Waals surface area contributed by atoms with E-state index in [0.29, 0.717) is 18.9 Å². The first-order valence-corrected chi connectivity index (χ1v) is 6.24. The standard InChI is InChI=1S/C14H23NO3/c1-5-18-13-8-11(6-7-12(13)17)9-15-14(3,4)10(2)16/h6-8,10,15-17H,5,9H2,1-4H3. The first-order chi connectivity index (χ1) is 8.36. The van der Waals surface area contributed by atoms with Crippen molar-refractivity contribution in [3.8, 4) is 11.5 Å². The van der Waals surface area contributed by atoms with Crippen LogP contribution in [0, 0.1) is 0 Å². The SMILES string of the molecule is CCOc1cc(CNC(C)(C)C(C)O)ccc1O. The van der Waals surface area contributed by atoms with Gasteiger partial charge in [0, 0.05) is 12.1 Å². The predicted molar refractivity (Wildman–Crippen MR) is 71.9 cm³/mol. The van der Waals surface area contributed by atoms with E-state index in [0.717, 1.165) is 5.56 Å². The van der Waals surface area contributed by atoms with Gasteiger partial charge in [-0.3, -0.25) is 0 Å². The normalized spacial score (nSPS) is 13.4. The van der Waals surface area contributed by atoms with Gasteiger partial charge < -0.3 is 20.3 Å². The molecule has 1 atom stereocenters. The van der Waals surface area contributed by atoms with Gasteiger partial charge in [-0.1, -0.05) is 6.07 Å². The molecule has 0 bridgehead atoms. The summed E-state index contributed by atoms with van der Waals surface area (Å²) in [6.07, 6.45) is -0.444. The number of benzene rings is 1. The largest absolute Gasteiger partial charge is 0.504 e. The van der Waals surface area contributed by atoms with Gasteiger partial charge in [0.2, 0.25) is 0 Å². The van der Waals surface area contributed by atoms with Crippen molar-refractivity contribution in [3.63, 3.8) is 0 Å². The van der Waals surface area contributed by atoms with Gasteiger partial charge in [0.1, 0.15) is 0 Å². The fraction of sp³-hybridized carbons (Fsp3) is 0.571. The Morgan fingerprint density at radius 2 is 2.06 bits per heavy atom. The van der Waals surface area contributed by atoms with E-state index in [1.165, 1.54) is 0 Å². The van der Waals surface area contributed by atoms with Gasteiger partial charge in [0.25, 0.3) is 0 Å². The maximum Gasteiger partial charge on any atom is 0.161 e. The fourth-order valence-electron chi connectivity index (χ4n) is 1.42. The Balaban J connectivity index is 2.71. The van der Waals surface area contributed by atoms with E-state index in [1.807, 2.05) is 32.9 Å². The highest BCUT2D eigenvalue weighted by Crippen LogP contribution is 2.27. The van der Waals surface area contributed by atoms with Gasteiger partial charge in [-0.05, 0) is 45.4 Å². The van der Waals surface area contributed by atoms with E-state index < -0.39 is 6.10 Å².